The number of nitriles is 1. The molecule has 0 aliphatic rings. The van der Waals surface area contributed by atoms with Gasteiger partial charge in [0.25, 0.3) is 0 Å². The highest BCUT2D eigenvalue weighted by Crippen LogP contribution is 2.19. The van der Waals surface area contributed by atoms with Crippen molar-refractivity contribution < 1.29 is 4.79 Å². The van der Waals surface area contributed by atoms with Crippen LogP contribution < -0.4 is 5.32 Å². The van der Waals surface area contributed by atoms with Crippen LogP contribution in [0.5, 0.6) is 0 Å². The molecule has 17 heavy (non-hydrogen) atoms. The quantitative estimate of drug-likeness (QED) is 0.863. The molecule has 0 aromatic carbocycles. The normalized spacial score (nSPS) is 11.6. The van der Waals surface area contributed by atoms with Gasteiger partial charge >= 0.3 is 0 Å². The molecule has 5 heteroatoms. The summed E-state index contributed by atoms with van der Waals surface area (Å²) >= 11 is 0. The van der Waals surface area contributed by atoms with Crippen molar-refractivity contribution in [2.24, 2.45) is 0 Å². The number of anilines is 1. The topological polar surface area (TPSA) is 78.7 Å². The molecule has 0 bridgehead atoms. The van der Waals surface area contributed by atoms with E-state index in [1.807, 2.05) is 13.0 Å². The van der Waals surface area contributed by atoms with Crippen molar-refractivity contribution in [3.63, 3.8) is 0 Å². The zero-order chi connectivity index (χ0) is 12.8. The molecule has 0 aliphatic carbocycles. The molecule has 0 radical (unpaired) electrons. The molecule has 0 saturated carbocycles. The van der Waals surface area contributed by atoms with E-state index in [9.17, 15) is 4.79 Å². The van der Waals surface area contributed by atoms with Gasteiger partial charge in [-0.25, -0.2) is 9.97 Å². The number of aromatic nitrogens is 2. The van der Waals surface area contributed by atoms with Gasteiger partial charge in [-0.2, -0.15) is 5.26 Å². The Hall–Kier alpha value is -1.96. The molecule has 1 unspecified atom stereocenters. The van der Waals surface area contributed by atoms with Crippen LogP contribution in [0.15, 0.2) is 6.20 Å². The van der Waals surface area contributed by atoms with Gasteiger partial charge in [0.1, 0.15) is 17.5 Å². The highest BCUT2D eigenvalue weighted by molar-refractivity contribution is 5.88. The first-order valence-corrected chi connectivity index (χ1v) is 5.63. The minimum atomic E-state index is -0.241. The van der Waals surface area contributed by atoms with E-state index in [1.165, 1.54) is 13.1 Å². The average molecular weight is 232 g/mol. The predicted molar refractivity (Wildman–Crippen MR) is 64.4 cm³/mol. The fraction of sp³-hybridized carbons (Fsp3) is 0.500. The lowest BCUT2D eigenvalue weighted by molar-refractivity contribution is -0.114. The number of rotatable bonds is 4. The fourth-order valence-corrected chi connectivity index (χ4v) is 1.54. The maximum absolute atomic E-state index is 11.0. The van der Waals surface area contributed by atoms with Gasteiger partial charge < -0.3 is 5.32 Å². The number of nitrogens with zero attached hydrogens (tertiary/aromatic N) is 3. The molecule has 1 N–H and O–H groups in total. The van der Waals surface area contributed by atoms with Crippen LogP contribution in [0.1, 0.15) is 50.9 Å². The summed E-state index contributed by atoms with van der Waals surface area (Å²) < 4.78 is 0. The Bertz CT molecular complexity index is 450. The molecular formula is C12H16N4O. The largest absolute Gasteiger partial charge is 0.310 e. The van der Waals surface area contributed by atoms with Gasteiger partial charge in [-0.15, -0.1) is 0 Å². The Morgan fingerprint density at radius 2 is 2.35 bits per heavy atom. The molecule has 90 valence electrons. The van der Waals surface area contributed by atoms with Gasteiger partial charge in [-0.1, -0.05) is 20.3 Å². The SMILES string of the molecule is CCCC(C)c1ncc(C#N)c(NC(C)=O)n1. The summed E-state index contributed by atoms with van der Waals surface area (Å²) in [5, 5.41) is 11.4. The number of carbonyl (C=O) groups excluding carboxylic acids is 1. The Kier molecular flexibility index (Phi) is 4.58. The summed E-state index contributed by atoms with van der Waals surface area (Å²) in [6.45, 7) is 5.51. The fourth-order valence-electron chi connectivity index (χ4n) is 1.54. The van der Waals surface area contributed by atoms with Gasteiger partial charge in [0.2, 0.25) is 5.91 Å². The number of hydrogen-bond donors (Lipinski definition) is 1. The molecule has 1 aromatic rings. The lowest BCUT2D eigenvalue weighted by atomic mass is 10.1. The second kappa shape index (κ2) is 5.94. The molecule has 1 amide bonds. The summed E-state index contributed by atoms with van der Waals surface area (Å²) in [4.78, 5) is 19.4. The van der Waals surface area contributed by atoms with E-state index in [0.717, 1.165) is 12.8 Å². The molecule has 0 fully saturated rings. The van der Waals surface area contributed by atoms with E-state index >= 15 is 0 Å². The summed E-state index contributed by atoms with van der Waals surface area (Å²) in [7, 11) is 0. The Morgan fingerprint density at radius 1 is 1.65 bits per heavy atom. The third-order valence-corrected chi connectivity index (χ3v) is 2.38. The first-order chi connectivity index (χ1) is 8.08. The maximum atomic E-state index is 11.0. The zero-order valence-electron chi connectivity index (χ0n) is 10.3. The minimum Gasteiger partial charge on any atom is -0.310 e. The molecule has 1 aromatic heterocycles. The van der Waals surface area contributed by atoms with Crippen molar-refractivity contribution >= 4 is 11.7 Å². The number of nitrogens with one attached hydrogen (secondary N) is 1. The Labute approximate surface area is 101 Å². The van der Waals surface area contributed by atoms with Crippen molar-refractivity contribution in [3.8, 4) is 6.07 Å². The highest BCUT2D eigenvalue weighted by atomic mass is 16.1. The van der Waals surface area contributed by atoms with E-state index in [1.54, 1.807) is 0 Å². The third-order valence-electron chi connectivity index (χ3n) is 2.38. The second-order valence-corrected chi connectivity index (χ2v) is 3.97. The standard InChI is InChI=1S/C12H16N4O/c1-4-5-8(2)11-14-7-10(6-13)12(16-11)15-9(3)17/h7-8H,4-5H2,1-3H3,(H,14,15,16,17). The van der Waals surface area contributed by atoms with E-state index in [4.69, 9.17) is 5.26 Å². The van der Waals surface area contributed by atoms with E-state index in [-0.39, 0.29) is 17.4 Å². The molecule has 0 aliphatic heterocycles. The molecule has 1 rings (SSSR count). The van der Waals surface area contributed by atoms with Crippen molar-refractivity contribution in [1.82, 2.24) is 9.97 Å². The lowest BCUT2D eigenvalue weighted by Crippen LogP contribution is -2.12. The summed E-state index contributed by atoms with van der Waals surface area (Å²) in [5.41, 5.74) is 0.285. The van der Waals surface area contributed by atoms with Crippen molar-refractivity contribution in [2.45, 2.75) is 39.5 Å². The lowest BCUT2D eigenvalue weighted by Gasteiger charge is -2.10. The van der Waals surface area contributed by atoms with Crippen LogP contribution in [0.25, 0.3) is 0 Å². The number of amides is 1. The van der Waals surface area contributed by atoms with E-state index in [2.05, 4.69) is 22.2 Å². The van der Waals surface area contributed by atoms with Gasteiger partial charge in [0.05, 0.1) is 6.20 Å². The van der Waals surface area contributed by atoms with Crippen molar-refractivity contribution in [2.75, 3.05) is 5.32 Å². The van der Waals surface area contributed by atoms with Crippen LogP contribution in [0.4, 0.5) is 5.82 Å². The zero-order valence-corrected chi connectivity index (χ0v) is 10.3. The predicted octanol–water partition coefficient (Wildman–Crippen LogP) is 2.21. The smallest absolute Gasteiger partial charge is 0.222 e. The molecule has 1 heterocycles. The summed E-state index contributed by atoms with van der Waals surface area (Å²) in [5.74, 6) is 0.942. The first-order valence-electron chi connectivity index (χ1n) is 5.63. The minimum absolute atomic E-state index is 0.222. The van der Waals surface area contributed by atoms with Crippen LogP contribution in [-0.4, -0.2) is 15.9 Å². The van der Waals surface area contributed by atoms with E-state index < -0.39 is 0 Å². The van der Waals surface area contributed by atoms with Gasteiger partial charge in [0.15, 0.2) is 5.82 Å². The molecule has 5 nitrogen and oxygen atoms in total. The van der Waals surface area contributed by atoms with Crippen molar-refractivity contribution in [1.29, 1.82) is 5.26 Å². The van der Waals surface area contributed by atoms with Gasteiger partial charge in [-0.05, 0) is 6.42 Å². The number of hydrogen-bond acceptors (Lipinski definition) is 4. The number of carbonyl (C=O) groups is 1. The van der Waals surface area contributed by atoms with Crippen LogP contribution in [0, 0.1) is 11.3 Å². The van der Waals surface area contributed by atoms with Crippen molar-refractivity contribution in [3.05, 3.63) is 17.6 Å². The second-order valence-electron chi connectivity index (χ2n) is 3.97. The molecular weight excluding hydrogens is 216 g/mol. The average Bonchev–Trinajstić information content (AvgIpc) is 2.28. The van der Waals surface area contributed by atoms with E-state index in [0.29, 0.717) is 11.6 Å². The first kappa shape index (κ1) is 13.1. The molecule has 0 spiro atoms. The Balaban J connectivity index is 3.04. The third kappa shape index (κ3) is 3.52. The van der Waals surface area contributed by atoms with Crippen LogP contribution >= 0.6 is 0 Å². The van der Waals surface area contributed by atoms with Crippen LogP contribution in [-0.2, 0) is 4.79 Å². The molecule has 1 atom stereocenters. The summed E-state index contributed by atoms with van der Waals surface area (Å²) in [6, 6.07) is 1.96. The van der Waals surface area contributed by atoms with Crippen LogP contribution in [0.2, 0.25) is 0 Å². The molecule has 0 saturated heterocycles. The monoisotopic (exact) mass is 232 g/mol. The Morgan fingerprint density at radius 3 is 2.88 bits per heavy atom. The van der Waals surface area contributed by atoms with Crippen LogP contribution in [0.3, 0.4) is 0 Å². The summed E-state index contributed by atoms with van der Waals surface area (Å²) in [6.07, 6.45) is 3.48. The maximum Gasteiger partial charge on any atom is 0.222 e. The van der Waals surface area contributed by atoms with Gasteiger partial charge in [-0.3, -0.25) is 4.79 Å². The van der Waals surface area contributed by atoms with Gasteiger partial charge in [0, 0.05) is 12.8 Å². The highest BCUT2D eigenvalue weighted by Gasteiger charge is 2.12.